The van der Waals surface area contributed by atoms with Gasteiger partial charge in [-0.05, 0) is 56.4 Å². The normalized spacial score (nSPS) is 36.2. The van der Waals surface area contributed by atoms with Crippen molar-refractivity contribution in [3.8, 4) is 0 Å². The van der Waals surface area contributed by atoms with Crippen molar-refractivity contribution in [2.24, 2.45) is 23.7 Å². The summed E-state index contributed by atoms with van der Waals surface area (Å²) in [6.07, 6.45) is 0.966. The number of hydrogen-bond donors (Lipinski definition) is 0. The third-order valence-corrected chi connectivity index (χ3v) is 9.43. The number of anilines is 2. The Labute approximate surface area is 165 Å². The third-order valence-electron chi connectivity index (χ3n) is 6.22. The smallest absolute Gasteiger partial charge is 0.238 e. The fourth-order valence-electron chi connectivity index (χ4n) is 5.00. The molecule has 0 unspecified atom stereocenters. The monoisotopic (exact) mass is 468 g/mol. The second kappa shape index (κ2) is 6.38. The van der Waals surface area contributed by atoms with E-state index in [2.05, 4.69) is 50.6 Å². The van der Waals surface area contributed by atoms with Gasteiger partial charge in [0.05, 0.1) is 17.5 Å². The molecule has 2 amide bonds. The Bertz CT molecular complexity index is 672. The topological polar surface area (TPSA) is 40.6 Å². The minimum absolute atomic E-state index is 0.0121. The predicted molar refractivity (Wildman–Crippen MR) is 107 cm³/mol. The van der Waals surface area contributed by atoms with Gasteiger partial charge in [-0.15, -0.1) is 0 Å². The number of hydrogen-bond acceptors (Lipinski definition) is 3. The molecule has 1 saturated heterocycles. The zero-order valence-electron chi connectivity index (χ0n) is 14.4. The molecule has 0 spiro atoms. The van der Waals surface area contributed by atoms with Gasteiger partial charge < -0.3 is 4.90 Å². The van der Waals surface area contributed by atoms with E-state index in [4.69, 9.17) is 0 Å². The fraction of sp³-hybridized carbons (Fsp3) is 0.579. The number of halogens is 2. The lowest BCUT2D eigenvalue weighted by atomic mass is 9.81. The van der Waals surface area contributed by atoms with Gasteiger partial charge in [-0.1, -0.05) is 31.9 Å². The van der Waals surface area contributed by atoms with Crippen molar-refractivity contribution >= 4 is 55.0 Å². The highest BCUT2D eigenvalue weighted by atomic mass is 79.9. The Hall–Kier alpha value is -0.880. The Morgan fingerprint density at radius 2 is 1.44 bits per heavy atom. The summed E-state index contributed by atoms with van der Waals surface area (Å²) in [6, 6.07) is 7.83. The largest absolute Gasteiger partial charge is 0.372 e. The highest BCUT2D eigenvalue weighted by Crippen LogP contribution is 2.60. The van der Waals surface area contributed by atoms with E-state index in [-0.39, 0.29) is 45.1 Å². The van der Waals surface area contributed by atoms with Crippen LogP contribution in [0.15, 0.2) is 24.3 Å². The first-order valence-electron chi connectivity index (χ1n) is 9.00. The molecule has 0 N–H and O–H groups in total. The average Bonchev–Trinajstić information content (AvgIpc) is 3.22. The molecule has 2 aliphatic carbocycles. The van der Waals surface area contributed by atoms with Crippen LogP contribution in [0, 0.1) is 23.7 Å². The Kier molecular flexibility index (Phi) is 4.47. The van der Waals surface area contributed by atoms with Crippen molar-refractivity contribution in [2.45, 2.75) is 29.9 Å². The summed E-state index contributed by atoms with van der Waals surface area (Å²) in [5.74, 6) is 0.187. The quantitative estimate of drug-likeness (QED) is 0.497. The maximum absolute atomic E-state index is 13.0. The summed E-state index contributed by atoms with van der Waals surface area (Å²) in [7, 11) is 0. The summed E-state index contributed by atoms with van der Waals surface area (Å²) < 4.78 is 0. The lowest BCUT2D eigenvalue weighted by Gasteiger charge is -2.28. The van der Waals surface area contributed by atoms with Gasteiger partial charge in [0.15, 0.2) is 0 Å². The zero-order valence-corrected chi connectivity index (χ0v) is 17.5. The molecule has 134 valence electrons. The van der Waals surface area contributed by atoms with Crippen molar-refractivity contribution in [3.05, 3.63) is 24.3 Å². The second-order valence-electron chi connectivity index (χ2n) is 7.20. The average molecular weight is 470 g/mol. The predicted octanol–water partition coefficient (Wildman–Crippen LogP) is 3.82. The Balaban J connectivity index is 1.62. The molecule has 6 heteroatoms. The van der Waals surface area contributed by atoms with Crippen molar-refractivity contribution in [1.82, 2.24) is 0 Å². The van der Waals surface area contributed by atoms with Crippen LogP contribution < -0.4 is 9.80 Å². The first kappa shape index (κ1) is 17.5. The first-order valence-corrected chi connectivity index (χ1v) is 10.8. The van der Waals surface area contributed by atoms with Crippen LogP contribution in [0.25, 0.3) is 0 Å². The van der Waals surface area contributed by atoms with Gasteiger partial charge in [0.25, 0.3) is 0 Å². The van der Waals surface area contributed by atoms with Gasteiger partial charge in [0.1, 0.15) is 0 Å². The molecule has 2 bridgehead atoms. The molecule has 1 aromatic carbocycles. The Morgan fingerprint density at radius 1 is 0.960 bits per heavy atom. The van der Waals surface area contributed by atoms with Crippen LogP contribution in [-0.2, 0) is 9.59 Å². The number of carbonyl (C=O) groups is 2. The van der Waals surface area contributed by atoms with E-state index in [9.17, 15) is 9.59 Å². The van der Waals surface area contributed by atoms with Gasteiger partial charge in [-0.2, -0.15) is 0 Å². The molecule has 4 nitrogen and oxygen atoms in total. The molecule has 4 rings (SSSR count). The molecule has 0 radical (unpaired) electrons. The van der Waals surface area contributed by atoms with Crippen LogP contribution in [0.5, 0.6) is 0 Å². The van der Waals surface area contributed by atoms with E-state index in [1.807, 2.05) is 24.3 Å². The number of fused-ring (bicyclic) bond motifs is 5. The minimum atomic E-state index is -0.155. The summed E-state index contributed by atoms with van der Waals surface area (Å²) >= 11 is 7.46. The number of benzene rings is 1. The number of imide groups is 1. The van der Waals surface area contributed by atoms with Crippen molar-refractivity contribution < 1.29 is 9.59 Å². The van der Waals surface area contributed by atoms with E-state index < -0.39 is 0 Å². The van der Waals surface area contributed by atoms with Crippen LogP contribution in [0.3, 0.4) is 0 Å². The molecular weight excluding hydrogens is 448 g/mol. The van der Waals surface area contributed by atoms with E-state index >= 15 is 0 Å². The maximum atomic E-state index is 13.0. The van der Waals surface area contributed by atoms with Crippen LogP contribution in [-0.4, -0.2) is 34.6 Å². The highest BCUT2D eigenvalue weighted by Gasteiger charge is 2.66. The van der Waals surface area contributed by atoms with Crippen LogP contribution >= 0.6 is 31.9 Å². The van der Waals surface area contributed by atoms with Crippen molar-refractivity contribution in [1.29, 1.82) is 0 Å². The lowest BCUT2D eigenvalue weighted by molar-refractivity contribution is -0.123. The SMILES string of the molecule is CCN(CC)c1ccc(N2C(=O)[C@@H]3[C@H]4C[C@H]([C@H](Br)[C@@H]4Br)[C@@H]3C2=O)cc1. The number of nitrogens with zero attached hydrogens (tertiary/aromatic N) is 2. The van der Waals surface area contributed by atoms with Crippen LogP contribution in [0.1, 0.15) is 20.3 Å². The van der Waals surface area contributed by atoms with Gasteiger partial charge >= 0.3 is 0 Å². The molecule has 0 aromatic heterocycles. The van der Waals surface area contributed by atoms with E-state index in [1.54, 1.807) is 0 Å². The molecule has 2 saturated carbocycles. The number of alkyl halides is 2. The maximum Gasteiger partial charge on any atom is 0.238 e. The van der Waals surface area contributed by atoms with Crippen LogP contribution in [0.2, 0.25) is 0 Å². The van der Waals surface area contributed by atoms with Gasteiger partial charge in [0, 0.05) is 28.4 Å². The second-order valence-corrected chi connectivity index (χ2v) is 9.32. The fourth-order valence-corrected chi connectivity index (χ4v) is 6.88. The molecule has 1 heterocycles. The molecule has 3 aliphatic rings. The molecule has 6 atom stereocenters. The molecule has 25 heavy (non-hydrogen) atoms. The Morgan fingerprint density at radius 3 is 1.88 bits per heavy atom. The molecule has 1 aliphatic heterocycles. The summed E-state index contributed by atoms with van der Waals surface area (Å²) in [5, 5.41) is 0. The van der Waals surface area contributed by atoms with E-state index in [0.29, 0.717) is 5.69 Å². The number of carbonyl (C=O) groups excluding carboxylic acids is 2. The van der Waals surface area contributed by atoms with Crippen molar-refractivity contribution in [2.75, 3.05) is 22.9 Å². The summed E-state index contributed by atoms with van der Waals surface area (Å²) in [6.45, 7) is 6.11. The van der Waals surface area contributed by atoms with Gasteiger partial charge in [0.2, 0.25) is 11.8 Å². The van der Waals surface area contributed by atoms with E-state index in [0.717, 1.165) is 25.2 Å². The number of rotatable bonds is 4. The minimum Gasteiger partial charge on any atom is -0.372 e. The van der Waals surface area contributed by atoms with Crippen molar-refractivity contribution in [3.63, 3.8) is 0 Å². The first-order chi connectivity index (χ1) is 12.0. The summed E-state index contributed by atoms with van der Waals surface area (Å²) in [4.78, 5) is 30.3. The van der Waals surface area contributed by atoms with Gasteiger partial charge in [-0.3, -0.25) is 14.5 Å². The zero-order chi connectivity index (χ0) is 17.9. The summed E-state index contributed by atoms with van der Waals surface area (Å²) in [5.41, 5.74) is 1.83. The highest BCUT2D eigenvalue weighted by molar-refractivity contribution is 9.12. The molecule has 1 aromatic rings. The lowest BCUT2D eigenvalue weighted by Crippen LogP contribution is -2.37. The third kappa shape index (κ3) is 2.43. The standard InChI is InChI=1S/C19H22Br2N2O2/c1-3-22(4-2)10-5-7-11(8-6-10)23-18(24)14-12-9-13(15(14)19(23)25)17(21)16(12)20/h5-8,12-17H,3-4,9H2,1-2H3/t12-,13+,14-,15+,16-,17+. The van der Waals surface area contributed by atoms with E-state index in [1.165, 1.54) is 4.90 Å². The molecular formula is C19H22Br2N2O2. The molecule has 3 fully saturated rings. The van der Waals surface area contributed by atoms with Gasteiger partial charge in [-0.25, -0.2) is 0 Å². The number of amides is 2. The van der Waals surface area contributed by atoms with Crippen LogP contribution in [0.4, 0.5) is 11.4 Å².